The Morgan fingerprint density at radius 3 is 2.08 bits per heavy atom. The van der Waals surface area contributed by atoms with Gasteiger partial charge in [0.2, 0.25) is 0 Å². The largest absolute Gasteiger partial charge is 0.480 e. The van der Waals surface area contributed by atoms with Crippen LogP contribution in [0.2, 0.25) is 0 Å². The van der Waals surface area contributed by atoms with Crippen LogP contribution in [-0.4, -0.2) is 41.8 Å². The maximum atomic E-state index is 12.1. The standard InChI is InChI=1S/C19H19NO4/c1-12(18(21)22)20(2)19(23)24-11-17-15-9-5-3-7-13(15)14-8-4-6-10-16(14)17/h3-10,12,17H,11H2,1-2H3,(H,21,22). The predicted molar refractivity (Wildman–Crippen MR) is 89.9 cm³/mol. The Kier molecular flexibility index (Phi) is 4.25. The first-order valence-corrected chi connectivity index (χ1v) is 7.81. The van der Waals surface area contributed by atoms with Gasteiger partial charge in [-0.1, -0.05) is 48.5 Å². The molecule has 0 bridgehead atoms. The van der Waals surface area contributed by atoms with E-state index in [1.807, 2.05) is 36.4 Å². The summed E-state index contributed by atoms with van der Waals surface area (Å²) in [7, 11) is 1.43. The molecule has 2 aromatic carbocycles. The third-order valence-electron chi connectivity index (χ3n) is 4.56. The van der Waals surface area contributed by atoms with Crippen molar-refractivity contribution in [1.82, 2.24) is 4.90 Å². The highest BCUT2D eigenvalue weighted by atomic mass is 16.6. The molecule has 24 heavy (non-hydrogen) atoms. The Morgan fingerprint density at radius 1 is 1.08 bits per heavy atom. The Labute approximate surface area is 140 Å². The third-order valence-corrected chi connectivity index (χ3v) is 4.56. The molecule has 1 atom stereocenters. The number of nitrogens with zero attached hydrogens (tertiary/aromatic N) is 1. The number of hydrogen-bond donors (Lipinski definition) is 1. The summed E-state index contributed by atoms with van der Waals surface area (Å²) < 4.78 is 5.40. The molecule has 1 amide bonds. The Morgan fingerprint density at radius 2 is 1.58 bits per heavy atom. The lowest BCUT2D eigenvalue weighted by Crippen LogP contribution is -2.40. The first kappa shape index (κ1) is 16.1. The van der Waals surface area contributed by atoms with Gasteiger partial charge in [0, 0.05) is 13.0 Å². The number of ether oxygens (including phenoxy) is 1. The van der Waals surface area contributed by atoms with E-state index in [-0.39, 0.29) is 12.5 Å². The quantitative estimate of drug-likeness (QED) is 0.936. The van der Waals surface area contributed by atoms with E-state index >= 15 is 0 Å². The van der Waals surface area contributed by atoms with Crippen LogP contribution in [0.5, 0.6) is 0 Å². The third kappa shape index (κ3) is 2.73. The van der Waals surface area contributed by atoms with Crippen LogP contribution in [-0.2, 0) is 9.53 Å². The van der Waals surface area contributed by atoms with Crippen molar-refractivity contribution in [2.45, 2.75) is 18.9 Å². The van der Waals surface area contributed by atoms with Crippen molar-refractivity contribution in [3.63, 3.8) is 0 Å². The van der Waals surface area contributed by atoms with Gasteiger partial charge in [-0.25, -0.2) is 9.59 Å². The molecule has 0 radical (unpaired) electrons. The number of likely N-dealkylation sites (N-methyl/N-ethyl adjacent to an activating group) is 1. The minimum Gasteiger partial charge on any atom is -0.480 e. The van der Waals surface area contributed by atoms with E-state index in [1.165, 1.54) is 14.0 Å². The van der Waals surface area contributed by atoms with Crippen LogP contribution < -0.4 is 0 Å². The second-order valence-electron chi connectivity index (χ2n) is 5.93. The minimum absolute atomic E-state index is 0.0325. The molecule has 124 valence electrons. The molecule has 0 saturated carbocycles. The number of carboxylic acids is 1. The van der Waals surface area contributed by atoms with Gasteiger partial charge in [0.1, 0.15) is 12.6 Å². The molecule has 1 N–H and O–H groups in total. The zero-order valence-electron chi connectivity index (χ0n) is 13.6. The number of hydrogen-bond acceptors (Lipinski definition) is 3. The van der Waals surface area contributed by atoms with E-state index in [1.54, 1.807) is 0 Å². The number of amides is 1. The molecule has 0 aromatic heterocycles. The molecule has 0 saturated heterocycles. The van der Waals surface area contributed by atoms with Gasteiger partial charge in [0.25, 0.3) is 0 Å². The first-order chi connectivity index (χ1) is 11.5. The summed E-state index contributed by atoms with van der Waals surface area (Å²) in [4.78, 5) is 24.2. The van der Waals surface area contributed by atoms with Crippen LogP contribution in [0.25, 0.3) is 11.1 Å². The van der Waals surface area contributed by atoms with Crippen LogP contribution >= 0.6 is 0 Å². The molecule has 1 aliphatic carbocycles. The molecule has 5 heteroatoms. The van der Waals surface area contributed by atoms with Crippen LogP contribution in [0.3, 0.4) is 0 Å². The number of rotatable bonds is 4. The van der Waals surface area contributed by atoms with Crippen molar-refractivity contribution in [3.8, 4) is 11.1 Å². The van der Waals surface area contributed by atoms with Crippen LogP contribution in [0.15, 0.2) is 48.5 Å². The second kappa shape index (κ2) is 6.35. The van der Waals surface area contributed by atoms with Crippen molar-refractivity contribution in [2.24, 2.45) is 0 Å². The van der Waals surface area contributed by atoms with Gasteiger partial charge < -0.3 is 9.84 Å². The number of carboxylic acid groups (broad SMARTS) is 1. The molecule has 1 unspecified atom stereocenters. The number of aliphatic carboxylic acids is 1. The molecule has 1 aliphatic rings. The monoisotopic (exact) mass is 325 g/mol. The second-order valence-corrected chi connectivity index (χ2v) is 5.93. The van der Waals surface area contributed by atoms with Gasteiger partial charge in [0.15, 0.2) is 0 Å². The normalized spacial score (nSPS) is 13.8. The van der Waals surface area contributed by atoms with Gasteiger partial charge in [-0.15, -0.1) is 0 Å². The summed E-state index contributed by atoms with van der Waals surface area (Å²) >= 11 is 0. The average Bonchev–Trinajstić information content (AvgIpc) is 2.92. The van der Waals surface area contributed by atoms with Gasteiger partial charge in [-0.2, -0.15) is 0 Å². The van der Waals surface area contributed by atoms with E-state index < -0.39 is 18.1 Å². The molecule has 0 aliphatic heterocycles. The molecule has 0 heterocycles. The van der Waals surface area contributed by atoms with Crippen LogP contribution in [0.4, 0.5) is 4.79 Å². The smallest absolute Gasteiger partial charge is 0.410 e. The zero-order valence-corrected chi connectivity index (χ0v) is 13.6. The van der Waals surface area contributed by atoms with Crippen molar-refractivity contribution in [3.05, 3.63) is 59.7 Å². The molecule has 0 spiro atoms. The SMILES string of the molecule is CC(C(=O)O)N(C)C(=O)OCC1c2ccccc2-c2ccccc21. The van der Waals surface area contributed by atoms with E-state index in [2.05, 4.69) is 12.1 Å². The summed E-state index contributed by atoms with van der Waals surface area (Å²) in [6.45, 7) is 1.63. The lowest BCUT2D eigenvalue weighted by Gasteiger charge is -2.22. The van der Waals surface area contributed by atoms with E-state index in [0.717, 1.165) is 27.2 Å². The topological polar surface area (TPSA) is 66.8 Å². The maximum absolute atomic E-state index is 12.1. The first-order valence-electron chi connectivity index (χ1n) is 7.81. The average molecular weight is 325 g/mol. The van der Waals surface area contributed by atoms with Crippen molar-refractivity contribution >= 4 is 12.1 Å². The van der Waals surface area contributed by atoms with Crippen LogP contribution in [0, 0.1) is 0 Å². The van der Waals surface area contributed by atoms with Crippen molar-refractivity contribution in [2.75, 3.05) is 13.7 Å². The molecular weight excluding hydrogens is 306 g/mol. The molecule has 2 aromatic rings. The van der Waals surface area contributed by atoms with Gasteiger partial charge in [-0.05, 0) is 29.2 Å². The van der Waals surface area contributed by atoms with Crippen molar-refractivity contribution in [1.29, 1.82) is 0 Å². The number of carbonyl (C=O) groups is 2. The molecular formula is C19H19NO4. The fourth-order valence-corrected chi connectivity index (χ4v) is 3.02. The Hall–Kier alpha value is -2.82. The van der Waals surface area contributed by atoms with Crippen molar-refractivity contribution < 1.29 is 19.4 Å². The molecule has 3 rings (SSSR count). The van der Waals surface area contributed by atoms with Gasteiger partial charge in [0.05, 0.1) is 0 Å². The Balaban J connectivity index is 1.79. The fourth-order valence-electron chi connectivity index (χ4n) is 3.02. The highest BCUT2D eigenvalue weighted by molar-refractivity contribution is 5.80. The summed E-state index contributed by atoms with van der Waals surface area (Å²) in [5, 5.41) is 8.99. The summed E-state index contributed by atoms with van der Waals surface area (Å²) in [6.07, 6.45) is -0.633. The highest BCUT2D eigenvalue weighted by Gasteiger charge is 2.30. The van der Waals surface area contributed by atoms with Crippen LogP contribution in [0.1, 0.15) is 24.0 Å². The van der Waals surface area contributed by atoms with E-state index in [4.69, 9.17) is 9.84 Å². The lowest BCUT2D eigenvalue weighted by molar-refractivity contribution is -0.141. The summed E-state index contributed by atoms with van der Waals surface area (Å²) in [5.74, 6) is -1.10. The highest BCUT2D eigenvalue weighted by Crippen LogP contribution is 2.44. The maximum Gasteiger partial charge on any atom is 0.410 e. The van der Waals surface area contributed by atoms with Gasteiger partial charge in [-0.3, -0.25) is 4.90 Å². The van der Waals surface area contributed by atoms with E-state index in [0.29, 0.717) is 0 Å². The predicted octanol–water partition coefficient (Wildman–Crippen LogP) is 3.34. The molecule has 0 fully saturated rings. The number of benzene rings is 2. The molecule has 5 nitrogen and oxygen atoms in total. The fraction of sp³-hybridized carbons (Fsp3) is 0.263. The van der Waals surface area contributed by atoms with E-state index in [9.17, 15) is 9.59 Å². The van der Waals surface area contributed by atoms with Gasteiger partial charge >= 0.3 is 12.1 Å². The summed E-state index contributed by atoms with van der Waals surface area (Å²) in [5.41, 5.74) is 4.56. The number of fused-ring (bicyclic) bond motifs is 3. The minimum atomic E-state index is -1.06. The lowest BCUT2D eigenvalue weighted by atomic mass is 9.98. The zero-order chi connectivity index (χ0) is 17.3. The summed E-state index contributed by atoms with van der Waals surface area (Å²) in [6, 6.07) is 15.2. The number of carbonyl (C=O) groups excluding carboxylic acids is 1. The Bertz CT molecular complexity index is 741.